The third-order valence-electron chi connectivity index (χ3n) is 3.14. The molecule has 0 spiro atoms. The van der Waals surface area contributed by atoms with E-state index in [1.54, 1.807) is 11.3 Å². The lowest BCUT2D eigenvalue weighted by Gasteiger charge is -2.19. The van der Waals surface area contributed by atoms with E-state index in [0.717, 1.165) is 18.8 Å². The number of rotatable bonds is 4. The summed E-state index contributed by atoms with van der Waals surface area (Å²) in [5.74, 6) is 0.720. The summed E-state index contributed by atoms with van der Waals surface area (Å²) in [4.78, 5) is 4.68. The predicted molar refractivity (Wildman–Crippen MR) is 63.3 cm³/mol. The molecule has 84 valence electrons. The Balaban J connectivity index is 1.93. The molecule has 0 atom stereocenters. The average molecular weight is 225 g/mol. The van der Waals surface area contributed by atoms with Crippen molar-refractivity contribution in [2.45, 2.75) is 50.9 Å². The SMILES string of the molecule is OCCCc1nc(C2CCCCC2)cs1. The lowest BCUT2D eigenvalue weighted by molar-refractivity contribution is 0.288. The van der Waals surface area contributed by atoms with Crippen LogP contribution < -0.4 is 0 Å². The van der Waals surface area contributed by atoms with Crippen LogP contribution in [-0.2, 0) is 6.42 Å². The summed E-state index contributed by atoms with van der Waals surface area (Å²) in [7, 11) is 0. The molecule has 1 heterocycles. The van der Waals surface area contributed by atoms with Gasteiger partial charge in [-0.1, -0.05) is 19.3 Å². The average Bonchev–Trinajstić information content (AvgIpc) is 2.76. The van der Waals surface area contributed by atoms with Crippen LogP contribution in [0.4, 0.5) is 0 Å². The van der Waals surface area contributed by atoms with Crippen molar-refractivity contribution in [3.05, 3.63) is 16.1 Å². The normalized spacial score (nSPS) is 18.2. The van der Waals surface area contributed by atoms with E-state index in [9.17, 15) is 0 Å². The van der Waals surface area contributed by atoms with Gasteiger partial charge in [-0.3, -0.25) is 0 Å². The molecule has 0 amide bonds. The first-order valence-electron chi connectivity index (χ1n) is 5.95. The third-order valence-corrected chi connectivity index (χ3v) is 4.07. The Morgan fingerprint density at radius 1 is 1.33 bits per heavy atom. The van der Waals surface area contributed by atoms with E-state index in [1.807, 2.05) is 0 Å². The number of hydrogen-bond acceptors (Lipinski definition) is 3. The van der Waals surface area contributed by atoms with E-state index in [1.165, 1.54) is 42.8 Å². The molecule has 1 N–H and O–H groups in total. The Hall–Kier alpha value is -0.410. The fourth-order valence-corrected chi connectivity index (χ4v) is 3.18. The van der Waals surface area contributed by atoms with Crippen LogP contribution in [0.3, 0.4) is 0 Å². The number of aliphatic hydroxyl groups is 1. The lowest BCUT2D eigenvalue weighted by Crippen LogP contribution is -2.04. The zero-order chi connectivity index (χ0) is 10.5. The van der Waals surface area contributed by atoms with Gasteiger partial charge in [-0.2, -0.15) is 0 Å². The highest BCUT2D eigenvalue weighted by molar-refractivity contribution is 7.09. The summed E-state index contributed by atoms with van der Waals surface area (Å²) in [6.45, 7) is 0.276. The Kier molecular flexibility index (Phi) is 4.15. The van der Waals surface area contributed by atoms with Crippen LogP contribution in [0.25, 0.3) is 0 Å². The first-order chi connectivity index (χ1) is 7.40. The van der Waals surface area contributed by atoms with Crippen LogP contribution in [0.5, 0.6) is 0 Å². The van der Waals surface area contributed by atoms with E-state index in [2.05, 4.69) is 10.4 Å². The predicted octanol–water partition coefficient (Wildman–Crippen LogP) is 3.12. The van der Waals surface area contributed by atoms with Gasteiger partial charge in [-0.25, -0.2) is 4.98 Å². The van der Waals surface area contributed by atoms with Gasteiger partial charge in [0.05, 0.1) is 10.7 Å². The van der Waals surface area contributed by atoms with Crippen molar-refractivity contribution in [3.63, 3.8) is 0 Å². The minimum atomic E-state index is 0.276. The van der Waals surface area contributed by atoms with Gasteiger partial charge in [-0.05, 0) is 19.3 Å². The zero-order valence-corrected chi connectivity index (χ0v) is 9.93. The van der Waals surface area contributed by atoms with Crippen LogP contribution in [0.15, 0.2) is 5.38 Å². The highest BCUT2D eigenvalue weighted by Gasteiger charge is 2.17. The van der Waals surface area contributed by atoms with Crippen molar-refractivity contribution in [1.29, 1.82) is 0 Å². The van der Waals surface area contributed by atoms with Gasteiger partial charge in [0.2, 0.25) is 0 Å². The maximum Gasteiger partial charge on any atom is 0.0929 e. The number of aliphatic hydroxyl groups excluding tert-OH is 1. The molecule has 2 nitrogen and oxygen atoms in total. The third kappa shape index (κ3) is 3.02. The highest BCUT2D eigenvalue weighted by Crippen LogP contribution is 2.33. The van der Waals surface area contributed by atoms with Gasteiger partial charge < -0.3 is 5.11 Å². The van der Waals surface area contributed by atoms with Gasteiger partial charge in [-0.15, -0.1) is 11.3 Å². The maximum absolute atomic E-state index is 8.76. The summed E-state index contributed by atoms with van der Waals surface area (Å²) in [6.07, 6.45) is 8.57. The summed E-state index contributed by atoms with van der Waals surface area (Å²) >= 11 is 1.76. The summed E-state index contributed by atoms with van der Waals surface area (Å²) in [5.41, 5.74) is 1.31. The van der Waals surface area contributed by atoms with Crippen molar-refractivity contribution in [3.8, 4) is 0 Å². The van der Waals surface area contributed by atoms with Gasteiger partial charge in [0, 0.05) is 24.3 Å². The molecule has 1 aliphatic carbocycles. The Labute approximate surface area is 95.4 Å². The minimum absolute atomic E-state index is 0.276. The Morgan fingerprint density at radius 3 is 2.87 bits per heavy atom. The second-order valence-corrected chi connectivity index (χ2v) is 5.27. The van der Waals surface area contributed by atoms with Crippen molar-refractivity contribution in [2.75, 3.05) is 6.61 Å². The molecule has 1 saturated carbocycles. The second-order valence-electron chi connectivity index (χ2n) is 4.33. The number of nitrogens with zero attached hydrogens (tertiary/aromatic N) is 1. The maximum atomic E-state index is 8.76. The second kappa shape index (κ2) is 5.61. The van der Waals surface area contributed by atoms with E-state index in [4.69, 9.17) is 5.11 Å². The molecule has 0 radical (unpaired) electrons. The standard InChI is InChI=1S/C12H19NOS/c14-8-4-7-12-13-11(9-15-12)10-5-2-1-3-6-10/h9-10,14H,1-8H2. The number of thiazole rings is 1. The first-order valence-corrected chi connectivity index (χ1v) is 6.83. The zero-order valence-electron chi connectivity index (χ0n) is 9.11. The lowest BCUT2D eigenvalue weighted by atomic mass is 9.87. The molecule has 15 heavy (non-hydrogen) atoms. The van der Waals surface area contributed by atoms with E-state index in [-0.39, 0.29) is 6.61 Å². The molecule has 1 fully saturated rings. The molecule has 0 aromatic carbocycles. The molecule has 0 bridgehead atoms. The smallest absolute Gasteiger partial charge is 0.0929 e. The van der Waals surface area contributed by atoms with Gasteiger partial charge in [0.15, 0.2) is 0 Å². The topological polar surface area (TPSA) is 33.1 Å². The largest absolute Gasteiger partial charge is 0.396 e. The van der Waals surface area contributed by atoms with E-state index >= 15 is 0 Å². The first kappa shape index (κ1) is 11.1. The van der Waals surface area contributed by atoms with Crippen molar-refractivity contribution < 1.29 is 5.11 Å². The molecule has 0 unspecified atom stereocenters. The summed E-state index contributed by atoms with van der Waals surface area (Å²) in [5, 5.41) is 12.2. The molecule has 3 heteroatoms. The van der Waals surface area contributed by atoms with Gasteiger partial charge in [0.25, 0.3) is 0 Å². The van der Waals surface area contributed by atoms with E-state index < -0.39 is 0 Å². The van der Waals surface area contributed by atoms with E-state index in [0.29, 0.717) is 0 Å². The molecule has 0 aliphatic heterocycles. The minimum Gasteiger partial charge on any atom is -0.396 e. The highest BCUT2D eigenvalue weighted by atomic mass is 32.1. The molecule has 1 aliphatic rings. The number of hydrogen-bond donors (Lipinski definition) is 1. The fraction of sp³-hybridized carbons (Fsp3) is 0.750. The molecular formula is C12H19NOS. The monoisotopic (exact) mass is 225 g/mol. The van der Waals surface area contributed by atoms with Gasteiger partial charge in [0.1, 0.15) is 0 Å². The van der Waals surface area contributed by atoms with Crippen molar-refractivity contribution >= 4 is 11.3 Å². The molecule has 1 aromatic heterocycles. The summed E-state index contributed by atoms with van der Waals surface area (Å²) < 4.78 is 0. The van der Waals surface area contributed by atoms with Crippen molar-refractivity contribution in [1.82, 2.24) is 4.98 Å². The Morgan fingerprint density at radius 2 is 2.13 bits per heavy atom. The summed E-state index contributed by atoms with van der Waals surface area (Å²) in [6, 6.07) is 0. The van der Waals surface area contributed by atoms with Crippen LogP contribution in [0.1, 0.15) is 55.1 Å². The van der Waals surface area contributed by atoms with Crippen LogP contribution in [0, 0.1) is 0 Å². The van der Waals surface area contributed by atoms with Crippen molar-refractivity contribution in [2.24, 2.45) is 0 Å². The van der Waals surface area contributed by atoms with Crippen LogP contribution >= 0.6 is 11.3 Å². The Bertz CT molecular complexity index is 292. The van der Waals surface area contributed by atoms with Crippen LogP contribution in [0.2, 0.25) is 0 Å². The quantitative estimate of drug-likeness (QED) is 0.854. The molecule has 0 saturated heterocycles. The molecular weight excluding hydrogens is 206 g/mol. The molecule has 2 rings (SSSR count). The fourth-order valence-electron chi connectivity index (χ4n) is 2.26. The number of aryl methyl sites for hydroxylation is 1. The van der Waals surface area contributed by atoms with Gasteiger partial charge >= 0.3 is 0 Å². The molecule has 1 aromatic rings. The van der Waals surface area contributed by atoms with Crippen LogP contribution in [-0.4, -0.2) is 16.7 Å². The number of aromatic nitrogens is 1.